The Hall–Kier alpha value is -0.220. The van der Waals surface area contributed by atoms with Gasteiger partial charge >= 0.3 is 0 Å². The fourth-order valence-corrected chi connectivity index (χ4v) is 3.20. The highest BCUT2D eigenvalue weighted by Crippen LogP contribution is 2.31. The molecule has 0 atom stereocenters. The molecule has 1 aromatic carbocycles. The molecule has 1 nitrogen and oxygen atoms in total. The molecular weight excluding hydrogens is 341 g/mol. The predicted octanol–water partition coefficient (Wildman–Crippen LogP) is 5.44. The van der Waals surface area contributed by atoms with Crippen molar-refractivity contribution in [3.8, 4) is 0 Å². The molecule has 0 radical (unpaired) electrons. The second-order valence-electron chi connectivity index (χ2n) is 3.28. The minimum absolute atomic E-state index is 0.470. The summed E-state index contributed by atoms with van der Waals surface area (Å²) in [5.74, 6) is 0.696. The summed E-state index contributed by atoms with van der Waals surface area (Å²) in [6.07, 6.45) is 0. The maximum absolute atomic E-state index is 6.06. The van der Waals surface area contributed by atoms with Crippen molar-refractivity contribution in [1.82, 2.24) is 4.98 Å². The van der Waals surface area contributed by atoms with Crippen molar-refractivity contribution in [2.45, 2.75) is 10.6 Å². The quantitative estimate of drug-likeness (QED) is 0.540. The maximum atomic E-state index is 6.06. The monoisotopic (exact) mass is 347 g/mol. The van der Waals surface area contributed by atoms with Gasteiger partial charge < -0.3 is 0 Å². The third kappa shape index (κ3) is 3.62. The lowest BCUT2D eigenvalue weighted by Gasteiger charge is -2.05. The summed E-state index contributed by atoms with van der Waals surface area (Å²) < 4.78 is 1.07. The van der Waals surface area contributed by atoms with Crippen LogP contribution in [0.15, 0.2) is 45.8 Å². The van der Waals surface area contributed by atoms with Crippen LogP contribution in [0.3, 0.4) is 0 Å². The van der Waals surface area contributed by atoms with E-state index in [-0.39, 0.29) is 0 Å². The van der Waals surface area contributed by atoms with E-state index in [0.717, 1.165) is 15.1 Å². The first-order valence-corrected chi connectivity index (χ1v) is 7.38. The third-order valence-corrected chi connectivity index (χ3v) is 4.68. The highest BCUT2D eigenvalue weighted by atomic mass is 79.9. The predicted molar refractivity (Wildman–Crippen MR) is 78.0 cm³/mol. The van der Waals surface area contributed by atoms with Crippen LogP contribution in [-0.2, 0) is 5.75 Å². The number of hydrogen-bond acceptors (Lipinski definition) is 2. The highest BCUT2D eigenvalue weighted by molar-refractivity contribution is 9.10. The van der Waals surface area contributed by atoms with Gasteiger partial charge in [-0.1, -0.05) is 35.3 Å². The molecule has 0 spiro atoms. The normalized spacial score (nSPS) is 10.5. The van der Waals surface area contributed by atoms with E-state index in [1.165, 1.54) is 0 Å². The molecule has 0 amide bonds. The van der Waals surface area contributed by atoms with Gasteiger partial charge in [-0.15, -0.1) is 11.8 Å². The summed E-state index contributed by atoms with van der Waals surface area (Å²) in [4.78, 5) is 5.37. The van der Waals surface area contributed by atoms with Crippen molar-refractivity contribution in [1.29, 1.82) is 0 Å². The molecule has 0 fully saturated rings. The molecule has 0 N–H and O–H groups in total. The Labute approximate surface area is 123 Å². The number of aromatic nitrogens is 1. The van der Waals surface area contributed by atoms with Gasteiger partial charge in [0.2, 0.25) is 0 Å². The van der Waals surface area contributed by atoms with Crippen LogP contribution in [-0.4, -0.2) is 4.98 Å². The SMILES string of the molecule is Clc1ccc(Cl)c(CSc2ccccc2Br)n1. The van der Waals surface area contributed by atoms with Crippen molar-refractivity contribution < 1.29 is 0 Å². The second kappa shape index (κ2) is 6.10. The fourth-order valence-electron chi connectivity index (χ4n) is 1.27. The number of hydrogen-bond donors (Lipinski definition) is 0. The Morgan fingerprint density at radius 1 is 1.12 bits per heavy atom. The first-order chi connectivity index (χ1) is 8.16. The van der Waals surface area contributed by atoms with Gasteiger partial charge in [-0.2, -0.15) is 0 Å². The van der Waals surface area contributed by atoms with Crippen LogP contribution in [0.25, 0.3) is 0 Å². The summed E-state index contributed by atoms with van der Waals surface area (Å²) in [5.41, 5.74) is 0.805. The lowest BCUT2D eigenvalue weighted by molar-refractivity contribution is 1.17. The van der Waals surface area contributed by atoms with Crippen molar-refractivity contribution in [2.24, 2.45) is 0 Å². The lowest BCUT2D eigenvalue weighted by atomic mass is 10.4. The summed E-state index contributed by atoms with van der Waals surface area (Å²) in [5, 5.41) is 1.12. The van der Waals surface area contributed by atoms with E-state index in [4.69, 9.17) is 23.2 Å². The van der Waals surface area contributed by atoms with Gasteiger partial charge in [0, 0.05) is 15.1 Å². The van der Waals surface area contributed by atoms with Crippen LogP contribution in [0.4, 0.5) is 0 Å². The van der Waals surface area contributed by atoms with E-state index < -0.39 is 0 Å². The van der Waals surface area contributed by atoms with Crippen molar-refractivity contribution in [2.75, 3.05) is 0 Å². The van der Waals surface area contributed by atoms with Gasteiger partial charge in [-0.05, 0) is 40.2 Å². The topological polar surface area (TPSA) is 12.9 Å². The summed E-state index contributed by atoms with van der Waals surface area (Å²) in [6.45, 7) is 0. The average molecular weight is 349 g/mol. The molecule has 0 saturated heterocycles. The highest BCUT2D eigenvalue weighted by Gasteiger charge is 2.05. The van der Waals surface area contributed by atoms with Crippen LogP contribution in [0.2, 0.25) is 10.2 Å². The first-order valence-electron chi connectivity index (χ1n) is 4.85. The van der Waals surface area contributed by atoms with Crippen LogP contribution in [0.1, 0.15) is 5.69 Å². The number of rotatable bonds is 3. The average Bonchev–Trinajstić information content (AvgIpc) is 2.32. The Kier molecular flexibility index (Phi) is 4.74. The number of pyridine rings is 1. The molecule has 0 saturated carbocycles. The van der Waals surface area contributed by atoms with E-state index in [2.05, 4.69) is 20.9 Å². The number of nitrogens with zero attached hydrogens (tertiary/aromatic N) is 1. The molecule has 0 aliphatic heterocycles. The van der Waals surface area contributed by atoms with Crippen LogP contribution >= 0.6 is 50.9 Å². The van der Waals surface area contributed by atoms with E-state index in [9.17, 15) is 0 Å². The maximum Gasteiger partial charge on any atom is 0.129 e. The molecule has 5 heteroatoms. The number of benzene rings is 1. The molecule has 0 aliphatic carbocycles. The van der Waals surface area contributed by atoms with E-state index in [0.29, 0.717) is 15.9 Å². The van der Waals surface area contributed by atoms with Gasteiger partial charge in [0.15, 0.2) is 0 Å². The lowest BCUT2D eigenvalue weighted by Crippen LogP contribution is -1.89. The van der Waals surface area contributed by atoms with Gasteiger partial charge in [0.25, 0.3) is 0 Å². The van der Waals surface area contributed by atoms with Gasteiger partial charge in [-0.3, -0.25) is 0 Å². The zero-order valence-electron chi connectivity index (χ0n) is 8.66. The van der Waals surface area contributed by atoms with E-state index in [1.807, 2.05) is 24.3 Å². The van der Waals surface area contributed by atoms with Crippen molar-refractivity contribution in [3.05, 3.63) is 56.7 Å². The zero-order chi connectivity index (χ0) is 12.3. The number of halogens is 3. The largest absolute Gasteiger partial charge is 0.239 e. The standard InChI is InChI=1S/C12H8BrCl2NS/c13-8-3-1-2-4-11(8)17-7-10-9(14)5-6-12(15)16-10/h1-6H,7H2. The Balaban J connectivity index is 2.12. The van der Waals surface area contributed by atoms with Crippen LogP contribution < -0.4 is 0 Å². The molecule has 1 aromatic heterocycles. The van der Waals surface area contributed by atoms with Gasteiger partial charge in [0.05, 0.1) is 10.7 Å². The molecule has 2 rings (SSSR count). The second-order valence-corrected chi connectivity index (χ2v) is 5.95. The van der Waals surface area contributed by atoms with Gasteiger partial charge in [-0.25, -0.2) is 4.98 Å². The van der Waals surface area contributed by atoms with Gasteiger partial charge in [0.1, 0.15) is 5.15 Å². The number of thioether (sulfide) groups is 1. The van der Waals surface area contributed by atoms with Crippen LogP contribution in [0, 0.1) is 0 Å². The molecule has 88 valence electrons. The Morgan fingerprint density at radius 3 is 2.65 bits per heavy atom. The molecule has 2 aromatic rings. The molecule has 1 heterocycles. The molecule has 0 bridgehead atoms. The summed E-state index contributed by atoms with van der Waals surface area (Å²) in [7, 11) is 0. The zero-order valence-corrected chi connectivity index (χ0v) is 12.6. The molecule has 17 heavy (non-hydrogen) atoms. The molecule has 0 aliphatic rings. The molecule has 0 unspecified atom stereocenters. The van der Waals surface area contributed by atoms with Crippen molar-refractivity contribution in [3.63, 3.8) is 0 Å². The Morgan fingerprint density at radius 2 is 1.88 bits per heavy atom. The molecular formula is C12H8BrCl2NS. The first kappa shape index (κ1) is 13.2. The minimum atomic E-state index is 0.470. The van der Waals surface area contributed by atoms with Crippen molar-refractivity contribution >= 4 is 50.9 Å². The van der Waals surface area contributed by atoms with Crippen LogP contribution in [0.5, 0.6) is 0 Å². The Bertz CT molecular complexity index is 534. The van der Waals surface area contributed by atoms with E-state index >= 15 is 0 Å². The summed E-state index contributed by atoms with van der Waals surface area (Å²) >= 11 is 17.1. The summed E-state index contributed by atoms with van der Waals surface area (Å²) in [6, 6.07) is 11.5. The fraction of sp³-hybridized carbons (Fsp3) is 0.0833. The van der Waals surface area contributed by atoms with E-state index in [1.54, 1.807) is 23.9 Å². The minimum Gasteiger partial charge on any atom is -0.239 e. The third-order valence-electron chi connectivity index (χ3n) is 2.09. The smallest absolute Gasteiger partial charge is 0.129 e.